The van der Waals surface area contributed by atoms with Crippen LogP contribution in [0.25, 0.3) is 0 Å². The molecule has 1 aromatic rings. The van der Waals surface area contributed by atoms with Gasteiger partial charge in [0.05, 0.1) is 0 Å². The van der Waals surface area contributed by atoms with Gasteiger partial charge in [-0.15, -0.1) is 0 Å². The second-order valence-electron chi connectivity index (χ2n) is 2.93. The van der Waals surface area contributed by atoms with Gasteiger partial charge in [-0.3, -0.25) is 5.41 Å². The van der Waals surface area contributed by atoms with Crippen LogP contribution in [0.1, 0.15) is 5.56 Å². The van der Waals surface area contributed by atoms with Gasteiger partial charge in [-0.05, 0) is 24.1 Å². The first-order chi connectivity index (χ1) is 6.72. The number of nitrogens with one attached hydrogen (secondary N) is 1. The van der Waals surface area contributed by atoms with Gasteiger partial charge < -0.3 is 15.6 Å². The molecule has 0 aliphatic heterocycles. The van der Waals surface area contributed by atoms with E-state index < -0.39 is 0 Å². The van der Waals surface area contributed by atoms with Crippen molar-refractivity contribution < 1.29 is 9.84 Å². The first-order valence-electron chi connectivity index (χ1n) is 4.38. The zero-order valence-electron chi connectivity index (χ0n) is 7.86. The molecule has 0 saturated heterocycles. The molecular weight excluding hydrogens is 180 g/mol. The highest BCUT2D eigenvalue weighted by atomic mass is 16.5. The predicted molar refractivity (Wildman–Crippen MR) is 54.6 cm³/mol. The third kappa shape index (κ3) is 3.45. The number of hydrogen-bond acceptors (Lipinski definition) is 3. The number of amidine groups is 1. The zero-order valence-corrected chi connectivity index (χ0v) is 7.86. The third-order valence-corrected chi connectivity index (χ3v) is 1.72. The summed E-state index contributed by atoms with van der Waals surface area (Å²) in [6.07, 6.45) is 0.646. The van der Waals surface area contributed by atoms with Gasteiger partial charge in [0.2, 0.25) is 0 Å². The molecule has 1 rings (SSSR count). The van der Waals surface area contributed by atoms with Gasteiger partial charge in [0.15, 0.2) is 0 Å². The number of benzene rings is 1. The van der Waals surface area contributed by atoms with Gasteiger partial charge in [-0.1, -0.05) is 12.1 Å². The molecule has 0 aliphatic rings. The van der Waals surface area contributed by atoms with E-state index in [0.717, 1.165) is 5.56 Å². The lowest BCUT2D eigenvalue weighted by atomic mass is 10.1. The summed E-state index contributed by atoms with van der Waals surface area (Å²) in [4.78, 5) is 0. The fraction of sp³-hybridized carbons (Fsp3) is 0.300. The van der Waals surface area contributed by atoms with Gasteiger partial charge in [-0.2, -0.15) is 0 Å². The maximum atomic E-state index is 8.69. The molecule has 0 saturated carbocycles. The second-order valence-corrected chi connectivity index (χ2v) is 2.93. The maximum absolute atomic E-state index is 8.69. The van der Waals surface area contributed by atoms with Crippen molar-refractivity contribution in [2.45, 2.75) is 6.42 Å². The normalized spacial score (nSPS) is 9.79. The van der Waals surface area contributed by atoms with Crippen molar-refractivity contribution in [1.29, 1.82) is 5.41 Å². The minimum atomic E-state index is 0.00411. The molecule has 1 aromatic carbocycles. The van der Waals surface area contributed by atoms with Crippen molar-refractivity contribution in [1.82, 2.24) is 0 Å². The van der Waals surface area contributed by atoms with Crippen LogP contribution in [0.3, 0.4) is 0 Å². The first kappa shape index (κ1) is 10.5. The topological polar surface area (TPSA) is 79.3 Å². The number of aliphatic hydroxyl groups is 1. The van der Waals surface area contributed by atoms with Crippen molar-refractivity contribution in [3.8, 4) is 5.75 Å². The van der Waals surface area contributed by atoms with Crippen LogP contribution in [-0.4, -0.2) is 24.2 Å². The summed E-state index contributed by atoms with van der Waals surface area (Å²) < 4.78 is 5.19. The Kier molecular flexibility index (Phi) is 3.94. The minimum Gasteiger partial charge on any atom is -0.486 e. The van der Waals surface area contributed by atoms with Crippen LogP contribution in [-0.2, 0) is 6.42 Å². The molecule has 0 amide bonds. The Morgan fingerprint density at radius 3 is 2.50 bits per heavy atom. The molecule has 0 aliphatic carbocycles. The van der Waals surface area contributed by atoms with Crippen molar-refractivity contribution in [2.75, 3.05) is 13.2 Å². The summed E-state index contributed by atoms with van der Waals surface area (Å²) in [5.41, 5.74) is 6.20. The van der Waals surface area contributed by atoms with Gasteiger partial charge in [0, 0.05) is 6.61 Å². The lowest BCUT2D eigenvalue weighted by molar-refractivity contribution is 0.299. The summed E-state index contributed by atoms with van der Waals surface area (Å²) in [6, 6.07) is 7.36. The van der Waals surface area contributed by atoms with E-state index in [1.165, 1.54) is 0 Å². The van der Waals surface area contributed by atoms with Crippen molar-refractivity contribution in [3.05, 3.63) is 29.8 Å². The maximum Gasteiger partial charge on any atom is 0.145 e. The number of rotatable bonds is 5. The van der Waals surface area contributed by atoms with Crippen LogP contribution in [0.2, 0.25) is 0 Å². The Balaban J connectivity index is 2.50. The molecule has 0 atom stereocenters. The summed E-state index contributed by atoms with van der Waals surface area (Å²) in [7, 11) is 0. The van der Waals surface area contributed by atoms with Gasteiger partial charge >= 0.3 is 0 Å². The smallest absolute Gasteiger partial charge is 0.145 e. The highest BCUT2D eigenvalue weighted by Crippen LogP contribution is 2.12. The lowest BCUT2D eigenvalue weighted by Crippen LogP contribution is -2.19. The van der Waals surface area contributed by atoms with E-state index in [1.807, 2.05) is 12.1 Å². The molecule has 4 N–H and O–H groups in total. The van der Waals surface area contributed by atoms with Crippen LogP contribution < -0.4 is 10.5 Å². The molecule has 4 nitrogen and oxygen atoms in total. The van der Waals surface area contributed by atoms with Gasteiger partial charge in [0.25, 0.3) is 0 Å². The highest BCUT2D eigenvalue weighted by Gasteiger charge is 1.95. The Bertz CT molecular complexity index is 295. The van der Waals surface area contributed by atoms with Crippen molar-refractivity contribution in [3.63, 3.8) is 0 Å². The lowest BCUT2D eigenvalue weighted by Gasteiger charge is -2.05. The number of hydrogen-bond donors (Lipinski definition) is 3. The Morgan fingerprint density at radius 1 is 1.36 bits per heavy atom. The van der Waals surface area contributed by atoms with E-state index in [9.17, 15) is 0 Å². The molecule has 4 heteroatoms. The van der Waals surface area contributed by atoms with E-state index in [2.05, 4.69) is 0 Å². The fourth-order valence-corrected chi connectivity index (χ4v) is 1.04. The number of nitrogens with two attached hydrogens (primary N) is 1. The quantitative estimate of drug-likeness (QED) is 0.472. The summed E-state index contributed by atoms with van der Waals surface area (Å²) in [5, 5.41) is 15.7. The predicted octanol–water partition coefficient (Wildman–Crippen LogP) is 0.536. The van der Waals surface area contributed by atoms with Gasteiger partial charge in [0.1, 0.15) is 18.2 Å². The van der Waals surface area contributed by atoms with Gasteiger partial charge in [-0.25, -0.2) is 0 Å². The largest absolute Gasteiger partial charge is 0.486 e. The summed E-state index contributed by atoms with van der Waals surface area (Å²) >= 11 is 0. The van der Waals surface area contributed by atoms with Crippen molar-refractivity contribution in [2.24, 2.45) is 5.73 Å². The van der Waals surface area contributed by atoms with Crippen LogP contribution in [0.5, 0.6) is 5.75 Å². The van der Waals surface area contributed by atoms with Crippen LogP contribution in [0, 0.1) is 5.41 Å². The standard InChI is InChI=1S/C10H14N2O2/c11-10(12)7-14-9-3-1-8(2-4-9)5-6-13/h1-4,13H,5-7H2,(H3,11,12). The molecule has 0 fully saturated rings. The van der Waals surface area contributed by atoms with Crippen molar-refractivity contribution >= 4 is 5.84 Å². The molecule has 0 heterocycles. The Hall–Kier alpha value is -1.55. The third-order valence-electron chi connectivity index (χ3n) is 1.72. The molecule has 0 spiro atoms. The van der Waals surface area contributed by atoms with E-state index in [-0.39, 0.29) is 19.0 Å². The molecule has 0 aromatic heterocycles. The molecule has 0 bridgehead atoms. The zero-order chi connectivity index (χ0) is 10.4. The number of aliphatic hydroxyl groups excluding tert-OH is 1. The van der Waals surface area contributed by atoms with E-state index in [0.29, 0.717) is 12.2 Å². The summed E-state index contributed by atoms with van der Waals surface area (Å²) in [5.74, 6) is 0.686. The molecular formula is C10H14N2O2. The second kappa shape index (κ2) is 5.24. The van der Waals surface area contributed by atoms with Crippen LogP contribution in [0.4, 0.5) is 0 Å². The Labute approximate surface area is 82.8 Å². The molecule has 0 unspecified atom stereocenters. The molecule has 0 radical (unpaired) electrons. The monoisotopic (exact) mass is 194 g/mol. The summed E-state index contributed by atoms with van der Waals surface area (Å²) in [6.45, 7) is 0.257. The van der Waals surface area contributed by atoms with Crippen LogP contribution in [0.15, 0.2) is 24.3 Å². The SMILES string of the molecule is N=C(N)COc1ccc(CCO)cc1. The molecule has 76 valence electrons. The van der Waals surface area contributed by atoms with E-state index >= 15 is 0 Å². The number of ether oxygens (including phenoxy) is 1. The highest BCUT2D eigenvalue weighted by molar-refractivity contribution is 5.78. The average Bonchev–Trinajstić information content (AvgIpc) is 2.17. The van der Waals surface area contributed by atoms with E-state index in [1.54, 1.807) is 12.1 Å². The minimum absolute atomic E-state index is 0.00411. The Morgan fingerprint density at radius 2 is 2.00 bits per heavy atom. The molecule has 14 heavy (non-hydrogen) atoms. The first-order valence-corrected chi connectivity index (χ1v) is 4.38. The fourth-order valence-electron chi connectivity index (χ4n) is 1.04. The average molecular weight is 194 g/mol. The van der Waals surface area contributed by atoms with Crippen LogP contribution >= 0.6 is 0 Å². The van der Waals surface area contributed by atoms with E-state index in [4.69, 9.17) is 21.0 Å².